The molecule has 0 saturated carbocycles. The third-order valence-corrected chi connectivity index (χ3v) is 4.57. The maximum absolute atomic E-state index is 12.6. The Hall–Kier alpha value is -1.31. The van der Waals surface area contributed by atoms with E-state index in [0.717, 1.165) is 17.7 Å². The maximum atomic E-state index is 12.6. The topological polar surface area (TPSA) is 66.6 Å². The van der Waals surface area contributed by atoms with Crippen LogP contribution in [0.4, 0.5) is 13.2 Å². The molecule has 0 aromatic heterocycles. The molecular formula is C14H22F3N3O2. The van der Waals surface area contributed by atoms with Crippen molar-refractivity contribution in [3.05, 3.63) is 0 Å². The van der Waals surface area contributed by atoms with Crippen molar-refractivity contribution in [1.82, 2.24) is 9.80 Å². The fourth-order valence-electron chi connectivity index (χ4n) is 3.42. The molecule has 0 bridgehead atoms. The molecule has 2 amide bonds. The van der Waals surface area contributed by atoms with Gasteiger partial charge in [-0.25, -0.2) is 0 Å². The summed E-state index contributed by atoms with van der Waals surface area (Å²) in [5.41, 5.74) is 5.74. The smallest absolute Gasteiger partial charge is 0.338 e. The molecule has 8 heteroatoms. The van der Waals surface area contributed by atoms with Crippen molar-refractivity contribution in [3.63, 3.8) is 0 Å². The van der Waals surface area contributed by atoms with Gasteiger partial charge in [-0.15, -0.1) is 0 Å². The van der Waals surface area contributed by atoms with Crippen LogP contribution in [0.2, 0.25) is 0 Å². The van der Waals surface area contributed by atoms with Crippen LogP contribution in [-0.2, 0) is 9.59 Å². The number of piperidine rings is 1. The predicted molar refractivity (Wildman–Crippen MR) is 73.7 cm³/mol. The van der Waals surface area contributed by atoms with Crippen LogP contribution in [0.5, 0.6) is 0 Å². The molecule has 2 N–H and O–H groups in total. The highest BCUT2D eigenvalue weighted by atomic mass is 19.4. The Morgan fingerprint density at radius 3 is 2.68 bits per heavy atom. The highest BCUT2D eigenvalue weighted by molar-refractivity contribution is 5.89. The van der Waals surface area contributed by atoms with Gasteiger partial charge in [-0.3, -0.25) is 9.59 Å². The van der Waals surface area contributed by atoms with E-state index in [9.17, 15) is 22.8 Å². The van der Waals surface area contributed by atoms with Crippen LogP contribution < -0.4 is 5.73 Å². The van der Waals surface area contributed by atoms with Crippen LogP contribution in [0.1, 0.15) is 26.2 Å². The van der Waals surface area contributed by atoms with Gasteiger partial charge in [-0.2, -0.15) is 13.2 Å². The van der Waals surface area contributed by atoms with Crippen molar-refractivity contribution < 1.29 is 22.8 Å². The zero-order valence-electron chi connectivity index (χ0n) is 12.6. The van der Waals surface area contributed by atoms with Crippen LogP contribution in [0, 0.1) is 11.8 Å². The molecule has 2 aliphatic rings. The summed E-state index contributed by atoms with van der Waals surface area (Å²) in [6.07, 6.45) is -2.74. The Balaban J connectivity index is 2.02. The van der Waals surface area contributed by atoms with Gasteiger partial charge in [-0.05, 0) is 18.8 Å². The summed E-state index contributed by atoms with van der Waals surface area (Å²) in [4.78, 5) is 26.7. The lowest BCUT2D eigenvalue weighted by atomic mass is 9.89. The number of nitrogens with two attached hydrogens (primary N) is 1. The molecule has 22 heavy (non-hydrogen) atoms. The van der Waals surface area contributed by atoms with Gasteiger partial charge in [-0.1, -0.05) is 6.92 Å². The van der Waals surface area contributed by atoms with Gasteiger partial charge >= 0.3 is 6.18 Å². The zero-order chi connectivity index (χ0) is 16.5. The van der Waals surface area contributed by atoms with Crippen molar-refractivity contribution in [2.75, 3.05) is 26.2 Å². The van der Waals surface area contributed by atoms with E-state index in [1.807, 2.05) is 6.92 Å². The van der Waals surface area contributed by atoms with Gasteiger partial charge < -0.3 is 15.5 Å². The Kier molecular flexibility index (Phi) is 4.99. The first-order valence-electron chi connectivity index (χ1n) is 7.58. The molecule has 5 nitrogen and oxygen atoms in total. The summed E-state index contributed by atoms with van der Waals surface area (Å²) in [5, 5.41) is 0. The van der Waals surface area contributed by atoms with E-state index in [2.05, 4.69) is 0 Å². The van der Waals surface area contributed by atoms with E-state index >= 15 is 0 Å². The molecule has 2 rings (SSSR count). The molecule has 3 unspecified atom stereocenters. The molecule has 0 spiro atoms. The van der Waals surface area contributed by atoms with Crippen molar-refractivity contribution in [3.8, 4) is 0 Å². The monoisotopic (exact) mass is 321 g/mol. The number of rotatable bonds is 3. The Morgan fingerprint density at radius 2 is 2.09 bits per heavy atom. The quantitative estimate of drug-likeness (QED) is 0.843. The summed E-state index contributed by atoms with van der Waals surface area (Å²) < 4.78 is 37.3. The van der Waals surface area contributed by atoms with Crippen LogP contribution in [-0.4, -0.2) is 60.0 Å². The number of alkyl halides is 3. The third kappa shape index (κ3) is 3.71. The summed E-state index contributed by atoms with van der Waals surface area (Å²) in [5.74, 6) is -1.26. The second-order valence-electron chi connectivity index (χ2n) is 6.24. The fraction of sp³-hybridized carbons (Fsp3) is 0.857. The zero-order valence-corrected chi connectivity index (χ0v) is 12.6. The first-order chi connectivity index (χ1) is 10.2. The number of carbonyl (C=O) groups excluding carboxylic acids is 2. The molecule has 3 atom stereocenters. The van der Waals surface area contributed by atoms with Crippen LogP contribution in [0.25, 0.3) is 0 Å². The molecule has 2 saturated heterocycles. The lowest BCUT2D eigenvalue weighted by molar-refractivity contribution is -0.157. The Bertz CT molecular complexity index is 442. The van der Waals surface area contributed by atoms with Gasteiger partial charge in [0.1, 0.15) is 6.54 Å². The van der Waals surface area contributed by atoms with Gasteiger partial charge in [0.15, 0.2) is 0 Å². The number of hydrogen-bond acceptors (Lipinski definition) is 3. The molecule has 2 heterocycles. The largest absolute Gasteiger partial charge is 0.406 e. The number of carbonyl (C=O) groups is 2. The molecule has 2 fully saturated rings. The van der Waals surface area contributed by atoms with E-state index in [-0.39, 0.29) is 30.8 Å². The minimum Gasteiger partial charge on any atom is -0.338 e. The molecule has 2 aliphatic heterocycles. The molecule has 0 aromatic carbocycles. The van der Waals surface area contributed by atoms with Crippen LogP contribution in [0.3, 0.4) is 0 Å². The normalized spacial score (nSPS) is 30.0. The van der Waals surface area contributed by atoms with Gasteiger partial charge in [0.2, 0.25) is 11.8 Å². The summed E-state index contributed by atoms with van der Waals surface area (Å²) in [7, 11) is 0. The number of amides is 2. The van der Waals surface area contributed by atoms with E-state index < -0.39 is 24.5 Å². The molecule has 0 aromatic rings. The third-order valence-electron chi connectivity index (χ3n) is 4.57. The highest BCUT2D eigenvalue weighted by Crippen LogP contribution is 2.29. The second-order valence-corrected chi connectivity index (χ2v) is 6.24. The van der Waals surface area contributed by atoms with Crippen LogP contribution >= 0.6 is 0 Å². The van der Waals surface area contributed by atoms with Crippen molar-refractivity contribution in [2.45, 2.75) is 38.4 Å². The summed E-state index contributed by atoms with van der Waals surface area (Å²) in [6, 6.07) is -0.0898. The molecule has 126 valence electrons. The number of hydrogen-bond donors (Lipinski definition) is 1. The Morgan fingerprint density at radius 1 is 1.41 bits per heavy atom. The average Bonchev–Trinajstić information content (AvgIpc) is 2.77. The van der Waals surface area contributed by atoms with Crippen molar-refractivity contribution in [1.29, 1.82) is 0 Å². The van der Waals surface area contributed by atoms with E-state index in [0.29, 0.717) is 13.1 Å². The average molecular weight is 321 g/mol. The fourth-order valence-corrected chi connectivity index (χ4v) is 3.42. The second kappa shape index (κ2) is 6.44. The van der Waals surface area contributed by atoms with Gasteiger partial charge in [0, 0.05) is 32.1 Å². The minimum atomic E-state index is -4.44. The Labute approximate surface area is 127 Å². The highest BCUT2D eigenvalue weighted by Gasteiger charge is 2.43. The first kappa shape index (κ1) is 17.1. The van der Waals surface area contributed by atoms with E-state index in [1.165, 1.54) is 0 Å². The lowest BCUT2D eigenvalue weighted by Gasteiger charge is -2.40. The number of nitrogens with zero attached hydrogens (tertiary/aromatic N) is 2. The van der Waals surface area contributed by atoms with Crippen molar-refractivity contribution >= 4 is 11.8 Å². The van der Waals surface area contributed by atoms with Crippen LogP contribution in [0.15, 0.2) is 0 Å². The maximum Gasteiger partial charge on any atom is 0.406 e. The molecule has 0 radical (unpaired) electrons. The van der Waals surface area contributed by atoms with E-state index in [4.69, 9.17) is 5.73 Å². The SMILES string of the molecule is CC1CCCN(C(=O)C2CC(=O)N(CC(F)(F)F)C2)C1CN. The van der Waals surface area contributed by atoms with Crippen molar-refractivity contribution in [2.24, 2.45) is 17.6 Å². The van der Waals surface area contributed by atoms with Gasteiger partial charge in [0.25, 0.3) is 0 Å². The first-order valence-corrected chi connectivity index (χ1v) is 7.58. The lowest BCUT2D eigenvalue weighted by Crippen LogP contribution is -2.53. The number of halogens is 3. The standard InChI is InChI=1S/C14H22F3N3O2/c1-9-3-2-4-20(11(9)6-18)13(22)10-5-12(21)19(7-10)8-14(15,16)17/h9-11H,2-8,18H2,1H3. The summed E-state index contributed by atoms with van der Waals surface area (Å²) >= 11 is 0. The van der Waals surface area contributed by atoms with Gasteiger partial charge in [0.05, 0.1) is 5.92 Å². The van der Waals surface area contributed by atoms with E-state index in [1.54, 1.807) is 4.90 Å². The minimum absolute atomic E-state index is 0.0898. The molecular weight excluding hydrogens is 299 g/mol. The number of likely N-dealkylation sites (tertiary alicyclic amines) is 2. The molecule has 0 aliphatic carbocycles. The summed E-state index contributed by atoms with van der Waals surface area (Å²) in [6.45, 7) is 1.48. The predicted octanol–water partition coefficient (Wildman–Crippen LogP) is 0.983.